The molecule has 1 fully saturated rings. The van der Waals surface area contributed by atoms with E-state index in [1.807, 2.05) is 0 Å². The summed E-state index contributed by atoms with van der Waals surface area (Å²) in [6.45, 7) is 6.00. The SMILES string of the molecule is CC(C)(C)OC(=O)N1CC[C@@H](O)[C@H]1C(=O)N1CCCc2cc(F)ccc21. The quantitative estimate of drug-likeness (QED) is 0.831. The first-order valence-corrected chi connectivity index (χ1v) is 8.95. The Balaban J connectivity index is 1.85. The normalized spacial score (nSPS) is 23.0. The van der Waals surface area contributed by atoms with Gasteiger partial charge in [0.25, 0.3) is 5.91 Å². The third kappa shape index (κ3) is 3.67. The third-order valence-corrected chi connectivity index (χ3v) is 4.67. The van der Waals surface area contributed by atoms with E-state index in [2.05, 4.69) is 0 Å². The van der Waals surface area contributed by atoms with Gasteiger partial charge in [-0.05, 0) is 63.8 Å². The number of amides is 2. The summed E-state index contributed by atoms with van der Waals surface area (Å²) in [5, 5.41) is 10.3. The minimum atomic E-state index is -0.985. The van der Waals surface area contributed by atoms with E-state index in [-0.39, 0.29) is 18.3 Å². The van der Waals surface area contributed by atoms with Gasteiger partial charge in [-0.15, -0.1) is 0 Å². The molecule has 1 aromatic rings. The lowest BCUT2D eigenvalue weighted by Crippen LogP contribution is -2.53. The van der Waals surface area contributed by atoms with Crippen molar-refractivity contribution in [3.63, 3.8) is 0 Å². The Morgan fingerprint density at radius 1 is 1.27 bits per heavy atom. The number of ether oxygens (including phenoxy) is 1. The maximum atomic E-state index is 13.5. The zero-order valence-electron chi connectivity index (χ0n) is 15.4. The first-order chi connectivity index (χ1) is 12.2. The lowest BCUT2D eigenvalue weighted by atomic mass is 10.00. The van der Waals surface area contributed by atoms with Crippen molar-refractivity contribution in [1.29, 1.82) is 0 Å². The molecule has 2 amide bonds. The van der Waals surface area contributed by atoms with Crippen LogP contribution >= 0.6 is 0 Å². The number of carbonyl (C=O) groups excluding carboxylic acids is 2. The average Bonchev–Trinajstić information content (AvgIpc) is 2.93. The molecular weight excluding hydrogens is 339 g/mol. The number of aliphatic hydroxyl groups is 1. The summed E-state index contributed by atoms with van der Waals surface area (Å²) in [5.41, 5.74) is 0.722. The third-order valence-electron chi connectivity index (χ3n) is 4.67. The molecule has 142 valence electrons. The van der Waals surface area contributed by atoms with Gasteiger partial charge in [-0.25, -0.2) is 9.18 Å². The number of halogens is 1. The molecule has 2 heterocycles. The second-order valence-electron chi connectivity index (χ2n) is 7.84. The summed E-state index contributed by atoms with van der Waals surface area (Å²) in [7, 11) is 0. The molecule has 0 aliphatic carbocycles. The van der Waals surface area contributed by atoms with Crippen LogP contribution in [0.5, 0.6) is 0 Å². The van der Waals surface area contributed by atoms with Crippen LogP contribution in [0.2, 0.25) is 0 Å². The fourth-order valence-electron chi connectivity index (χ4n) is 3.55. The number of carbonyl (C=O) groups is 2. The topological polar surface area (TPSA) is 70.1 Å². The van der Waals surface area contributed by atoms with Crippen LogP contribution in [0, 0.1) is 5.82 Å². The van der Waals surface area contributed by atoms with Gasteiger partial charge in [0, 0.05) is 18.8 Å². The number of fused-ring (bicyclic) bond motifs is 1. The van der Waals surface area contributed by atoms with Crippen LogP contribution < -0.4 is 4.90 Å². The molecular formula is C19H25FN2O4. The molecule has 0 spiro atoms. The van der Waals surface area contributed by atoms with Crippen molar-refractivity contribution in [1.82, 2.24) is 4.90 Å². The summed E-state index contributed by atoms with van der Waals surface area (Å²) in [6, 6.07) is 3.36. The summed E-state index contributed by atoms with van der Waals surface area (Å²) < 4.78 is 18.9. The number of likely N-dealkylation sites (tertiary alicyclic amines) is 1. The van der Waals surface area contributed by atoms with Crippen molar-refractivity contribution in [3.05, 3.63) is 29.6 Å². The lowest BCUT2D eigenvalue weighted by molar-refractivity contribution is -0.125. The Morgan fingerprint density at radius 3 is 2.69 bits per heavy atom. The van der Waals surface area contributed by atoms with Gasteiger partial charge in [0.2, 0.25) is 0 Å². The number of aliphatic hydroxyl groups excluding tert-OH is 1. The Morgan fingerprint density at radius 2 is 2.00 bits per heavy atom. The van der Waals surface area contributed by atoms with Crippen LogP contribution in [0.3, 0.4) is 0 Å². The molecule has 0 unspecified atom stereocenters. The Bertz CT molecular complexity index is 716. The molecule has 2 aliphatic rings. The van der Waals surface area contributed by atoms with Gasteiger partial charge >= 0.3 is 6.09 Å². The van der Waals surface area contributed by atoms with Crippen LogP contribution in [0.1, 0.15) is 39.2 Å². The van der Waals surface area contributed by atoms with Crippen molar-refractivity contribution < 1.29 is 23.8 Å². The standard InChI is InChI=1S/C19H25FN2O4/c1-19(2,3)26-18(25)22-10-8-15(23)16(22)17(24)21-9-4-5-12-11-13(20)6-7-14(12)21/h6-7,11,15-16,23H,4-5,8-10H2,1-3H3/t15-,16+/m1/s1. The summed E-state index contributed by atoms with van der Waals surface area (Å²) in [4.78, 5) is 28.5. The zero-order chi connectivity index (χ0) is 19.1. The van der Waals surface area contributed by atoms with Gasteiger partial charge in [-0.3, -0.25) is 9.69 Å². The van der Waals surface area contributed by atoms with E-state index in [1.165, 1.54) is 17.0 Å². The highest BCUT2D eigenvalue weighted by molar-refractivity contribution is 6.00. The molecule has 3 rings (SSSR count). The molecule has 0 bridgehead atoms. The van der Waals surface area contributed by atoms with Crippen LogP contribution in [-0.4, -0.2) is 52.8 Å². The largest absolute Gasteiger partial charge is 0.444 e. The number of nitrogens with zero attached hydrogens (tertiary/aromatic N) is 2. The first kappa shape index (κ1) is 18.6. The second kappa shape index (κ2) is 6.87. The second-order valence-corrected chi connectivity index (χ2v) is 7.84. The zero-order valence-corrected chi connectivity index (χ0v) is 15.4. The highest BCUT2D eigenvalue weighted by Crippen LogP contribution is 2.31. The van der Waals surface area contributed by atoms with Gasteiger partial charge in [0.15, 0.2) is 0 Å². The molecule has 0 saturated carbocycles. The number of rotatable bonds is 1. The van der Waals surface area contributed by atoms with Gasteiger partial charge in [0.1, 0.15) is 17.5 Å². The van der Waals surface area contributed by atoms with Crippen molar-refractivity contribution in [3.8, 4) is 0 Å². The summed E-state index contributed by atoms with van der Waals surface area (Å²) in [6.07, 6.45) is 0.168. The average molecular weight is 364 g/mol. The van der Waals surface area contributed by atoms with Crippen molar-refractivity contribution in [2.45, 2.75) is 57.8 Å². The monoisotopic (exact) mass is 364 g/mol. The molecule has 2 atom stereocenters. The smallest absolute Gasteiger partial charge is 0.411 e. The molecule has 2 aliphatic heterocycles. The number of anilines is 1. The summed E-state index contributed by atoms with van der Waals surface area (Å²) in [5.74, 6) is -0.692. The van der Waals surface area contributed by atoms with Gasteiger partial charge in [0.05, 0.1) is 6.10 Å². The Labute approximate surface area is 152 Å². The van der Waals surface area contributed by atoms with Crippen LogP contribution in [0.25, 0.3) is 0 Å². The van der Waals surface area contributed by atoms with Crippen LogP contribution in [-0.2, 0) is 16.0 Å². The Kier molecular flexibility index (Phi) is 4.92. The molecule has 7 heteroatoms. The highest BCUT2D eigenvalue weighted by atomic mass is 19.1. The van der Waals surface area contributed by atoms with E-state index >= 15 is 0 Å². The maximum Gasteiger partial charge on any atom is 0.411 e. The molecule has 26 heavy (non-hydrogen) atoms. The van der Waals surface area contributed by atoms with E-state index in [9.17, 15) is 19.1 Å². The predicted octanol–water partition coefficient (Wildman–Crippen LogP) is 2.48. The molecule has 6 nitrogen and oxygen atoms in total. The van der Waals surface area contributed by atoms with Gasteiger partial charge in [-0.1, -0.05) is 0 Å². The molecule has 0 radical (unpaired) electrons. The molecule has 0 aromatic heterocycles. The van der Waals surface area contributed by atoms with Crippen LogP contribution in [0.4, 0.5) is 14.9 Å². The van der Waals surface area contributed by atoms with E-state index in [1.54, 1.807) is 31.7 Å². The number of hydrogen-bond acceptors (Lipinski definition) is 4. The number of benzene rings is 1. The fourth-order valence-corrected chi connectivity index (χ4v) is 3.55. The molecule has 1 N–H and O–H groups in total. The number of hydrogen-bond donors (Lipinski definition) is 1. The minimum Gasteiger partial charge on any atom is -0.444 e. The first-order valence-electron chi connectivity index (χ1n) is 8.95. The molecule has 1 saturated heterocycles. The highest BCUT2D eigenvalue weighted by Gasteiger charge is 2.45. The van der Waals surface area contributed by atoms with Crippen LogP contribution in [0.15, 0.2) is 18.2 Å². The van der Waals surface area contributed by atoms with E-state index in [4.69, 9.17) is 4.74 Å². The predicted molar refractivity (Wildman–Crippen MR) is 94.4 cm³/mol. The summed E-state index contributed by atoms with van der Waals surface area (Å²) >= 11 is 0. The van der Waals surface area contributed by atoms with Crippen molar-refractivity contribution in [2.75, 3.05) is 18.0 Å². The van der Waals surface area contributed by atoms with Gasteiger partial charge in [-0.2, -0.15) is 0 Å². The fraction of sp³-hybridized carbons (Fsp3) is 0.579. The van der Waals surface area contributed by atoms with Crippen molar-refractivity contribution in [2.24, 2.45) is 0 Å². The van der Waals surface area contributed by atoms with E-state index < -0.39 is 23.8 Å². The van der Waals surface area contributed by atoms with Gasteiger partial charge < -0.3 is 14.7 Å². The number of aryl methyl sites for hydroxylation is 1. The Hall–Kier alpha value is -2.15. The van der Waals surface area contributed by atoms with Crippen molar-refractivity contribution >= 4 is 17.7 Å². The maximum absolute atomic E-state index is 13.5. The lowest BCUT2D eigenvalue weighted by Gasteiger charge is -2.35. The van der Waals surface area contributed by atoms with E-state index in [0.29, 0.717) is 31.5 Å². The minimum absolute atomic E-state index is 0.261. The van der Waals surface area contributed by atoms with E-state index in [0.717, 1.165) is 5.56 Å². The molecule has 1 aromatic carbocycles.